The molecule has 0 aromatic carbocycles. The van der Waals surface area contributed by atoms with Gasteiger partial charge in [-0.25, -0.2) is 0 Å². The van der Waals surface area contributed by atoms with E-state index >= 15 is 0 Å². The van der Waals surface area contributed by atoms with Crippen molar-refractivity contribution >= 4 is 5.78 Å². The van der Waals surface area contributed by atoms with Gasteiger partial charge >= 0.3 is 0 Å². The summed E-state index contributed by atoms with van der Waals surface area (Å²) < 4.78 is 5.65. The van der Waals surface area contributed by atoms with Gasteiger partial charge in [0, 0.05) is 0 Å². The zero-order valence-electron chi connectivity index (χ0n) is 10.2. The van der Waals surface area contributed by atoms with Crippen molar-refractivity contribution in [3.63, 3.8) is 0 Å². The second-order valence-corrected chi connectivity index (χ2v) is 3.79. The van der Waals surface area contributed by atoms with E-state index in [1.165, 1.54) is 0 Å². The van der Waals surface area contributed by atoms with E-state index in [9.17, 15) is 4.79 Å². The second kappa shape index (κ2) is 6.69. The first kappa shape index (κ1) is 13.2. The summed E-state index contributed by atoms with van der Waals surface area (Å²) in [5.74, 6) is 0.726. The summed E-state index contributed by atoms with van der Waals surface area (Å²) in [7, 11) is 0. The van der Waals surface area contributed by atoms with Crippen LogP contribution in [0.2, 0.25) is 0 Å². The molecule has 90 valence electrons. The Morgan fingerprint density at radius 2 is 2.12 bits per heavy atom. The predicted molar refractivity (Wildman–Crippen MR) is 70.5 cm³/mol. The predicted octanol–water partition coefficient (Wildman–Crippen LogP) is 3.49. The van der Waals surface area contributed by atoms with Gasteiger partial charge in [0.2, 0.25) is 0 Å². The zero-order chi connectivity index (χ0) is 12.7. The Labute approximate surface area is 103 Å². The molecule has 0 aliphatic heterocycles. The number of hydrogen-bond donors (Lipinski definition) is 0. The van der Waals surface area contributed by atoms with Crippen molar-refractivity contribution in [2.45, 2.75) is 19.8 Å². The molecule has 0 fully saturated rings. The number of rotatable bonds is 6. The molecule has 0 aromatic heterocycles. The van der Waals surface area contributed by atoms with Gasteiger partial charge in [-0.3, -0.25) is 4.79 Å². The van der Waals surface area contributed by atoms with Gasteiger partial charge in [0.25, 0.3) is 0 Å². The minimum absolute atomic E-state index is 0.0452. The third-order valence-electron chi connectivity index (χ3n) is 2.48. The van der Waals surface area contributed by atoms with Crippen LogP contribution in [0.3, 0.4) is 0 Å². The van der Waals surface area contributed by atoms with Crippen molar-refractivity contribution in [1.29, 1.82) is 0 Å². The van der Waals surface area contributed by atoms with Crippen LogP contribution in [0.1, 0.15) is 19.8 Å². The number of ketones is 1. The molecule has 0 spiro atoms. The molecular weight excluding hydrogens is 212 g/mol. The van der Waals surface area contributed by atoms with Crippen LogP contribution in [0.4, 0.5) is 0 Å². The van der Waals surface area contributed by atoms with Gasteiger partial charge in [0.1, 0.15) is 12.4 Å². The summed E-state index contributed by atoms with van der Waals surface area (Å²) in [5, 5.41) is 0. The normalized spacial score (nSPS) is 15.7. The third-order valence-corrected chi connectivity index (χ3v) is 2.48. The fraction of sp³-hybridized carbons (Fsp3) is 0.267. The summed E-state index contributed by atoms with van der Waals surface area (Å²) in [4.78, 5) is 11.4. The Morgan fingerprint density at radius 3 is 2.71 bits per heavy atom. The average Bonchev–Trinajstić information content (AvgIpc) is 2.34. The molecule has 0 bridgehead atoms. The quantitative estimate of drug-likeness (QED) is 0.653. The molecule has 17 heavy (non-hydrogen) atoms. The minimum atomic E-state index is 0.0452. The molecule has 0 heterocycles. The molecular formula is C15H18O2. The maximum absolute atomic E-state index is 11.4. The lowest BCUT2D eigenvalue weighted by molar-refractivity contribution is -0.113. The van der Waals surface area contributed by atoms with Gasteiger partial charge < -0.3 is 4.74 Å². The fourth-order valence-corrected chi connectivity index (χ4v) is 1.59. The van der Waals surface area contributed by atoms with Crippen LogP contribution in [-0.2, 0) is 9.53 Å². The van der Waals surface area contributed by atoms with Crippen molar-refractivity contribution in [3.05, 3.63) is 60.4 Å². The fourth-order valence-electron chi connectivity index (χ4n) is 1.59. The van der Waals surface area contributed by atoms with E-state index in [0.29, 0.717) is 17.9 Å². The first-order valence-electron chi connectivity index (χ1n) is 5.67. The highest BCUT2D eigenvalue weighted by molar-refractivity contribution is 5.97. The van der Waals surface area contributed by atoms with E-state index in [4.69, 9.17) is 4.74 Å². The van der Waals surface area contributed by atoms with Crippen molar-refractivity contribution < 1.29 is 9.53 Å². The van der Waals surface area contributed by atoms with Crippen LogP contribution >= 0.6 is 0 Å². The SMILES string of the molecule is C=C/C=C(\C=C)COC1=CCCC=C1C(C)=O. The van der Waals surface area contributed by atoms with Crippen molar-refractivity contribution in [1.82, 2.24) is 0 Å². The molecule has 1 aliphatic rings. The van der Waals surface area contributed by atoms with Crippen LogP contribution in [0.25, 0.3) is 0 Å². The Kier molecular flexibility index (Phi) is 5.21. The Morgan fingerprint density at radius 1 is 1.41 bits per heavy atom. The van der Waals surface area contributed by atoms with Gasteiger partial charge in [-0.1, -0.05) is 37.5 Å². The van der Waals surface area contributed by atoms with Gasteiger partial charge in [-0.15, -0.1) is 0 Å². The van der Waals surface area contributed by atoms with E-state index in [1.54, 1.807) is 19.1 Å². The highest BCUT2D eigenvalue weighted by Crippen LogP contribution is 2.21. The Balaban J connectivity index is 2.68. The van der Waals surface area contributed by atoms with Crippen molar-refractivity contribution in [3.8, 4) is 0 Å². The Bertz CT molecular complexity index is 409. The van der Waals surface area contributed by atoms with E-state index in [2.05, 4.69) is 13.2 Å². The molecule has 0 atom stereocenters. The first-order valence-corrected chi connectivity index (χ1v) is 5.67. The summed E-state index contributed by atoms with van der Waals surface area (Å²) in [5.41, 5.74) is 1.62. The van der Waals surface area contributed by atoms with Gasteiger partial charge in [0.05, 0.1) is 5.57 Å². The number of Topliss-reactive ketones (excluding diaryl/α,β-unsaturated/α-hetero) is 1. The van der Waals surface area contributed by atoms with Crippen LogP contribution in [0.15, 0.2) is 60.4 Å². The van der Waals surface area contributed by atoms with Gasteiger partial charge in [-0.05, 0) is 31.4 Å². The number of hydrogen-bond acceptors (Lipinski definition) is 2. The lowest BCUT2D eigenvalue weighted by Crippen LogP contribution is -2.08. The highest BCUT2D eigenvalue weighted by atomic mass is 16.5. The minimum Gasteiger partial charge on any atom is -0.488 e. The lowest BCUT2D eigenvalue weighted by Gasteiger charge is -2.15. The largest absolute Gasteiger partial charge is 0.488 e. The summed E-state index contributed by atoms with van der Waals surface area (Å²) in [6.07, 6.45) is 11.0. The third kappa shape index (κ3) is 3.91. The molecule has 1 rings (SSSR count). The Hall–Kier alpha value is -1.83. The second-order valence-electron chi connectivity index (χ2n) is 3.79. The van der Waals surface area contributed by atoms with E-state index in [1.807, 2.05) is 18.2 Å². The van der Waals surface area contributed by atoms with Crippen LogP contribution in [0.5, 0.6) is 0 Å². The number of carbonyl (C=O) groups is 1. The average molecular weight is 230 g/mol. The summed E-state index contributed by atoms with van der Waals surface area (Å²) in [6.45, 7) is 9.29. The molecule has 0 amide bonds. The van der Waals surface area contributed by atoms with Crippen molar-refractivity contribution in [2.75, 3.05) is 6.61 Å². The molecule has 0 saturated carbocycles. The molecule has 0 N–H and O–H groups in total. The molecule has 2 nitrogen and oxygen atoms in total. The number of ether oxygens (including phenoxy) is 1. The standard InChI is InChI=1S/C15H18O2/c1-4-8-13(5-2)11-17-15-10-7-6-9-14(15)12(3)16/h4-5,8-10H,1-2,6-7,11H2,3H3/b13-8+. The molecule has 2 heteroatoms. The maximum atomic E-state index is 11.4. The molecule has 0 radical (unpaired) electrons. The smallest absolute Gasteiger partial charge is 0.163 e. The summed E-state index contributed by atoms with van der Waals surface area (Å²) >= 11 is 0. The van der Waals surface area contributed by atoms with E-state index < -0.39 is 0 Å². The van der Waals surface area contributed by atoms with Crippen LogP contribution in [0, 0.1) is 0 Å². The molecule has 1 aliphatic carbocycles. The van der Waals surface area contributed by atoms with Gasteiger partial charge in [-0.2, -0.15) is 0 Å². The van der Waals surface area contributed by atoms with Crippen LogP contribution < -0.4 is 0 Å². The zero-order valence-corrected chi connectivity index (χ0v) is 10.2. The number of allylic oxidation sites excluding steroid dienone is 5. The van der Waals surface area contributed by atoms with E-state index in [-0.39, 0.29) is 5.78 Å². The summed E-state index contributed by atoms with van der Waals surface area (Å²) in [6, 6.07) is 0. The monoisotopic (exact) mass is 230 g/mol. The maximum Gasteiger partial charge on any atom is 0.163 e. The lowest BCUT2D eigenvalue weighted by atomic mass is 10.0. The van der Waals surface area contributed by atoms with E-state index in [0.717, 1.165) is 18.4 Å². The first-order chi connectivity index (χ1) is 8.19. The van der Waals surface area contributed by atoms with Crippen molar-refractivity contribution in [2.24, 2.45) is 0 Å². The highest BCUT2D eigenvalue weighted by Gasteiger charge is 2.14. The molecule has 0 unspecified atom stereocenters. The molecule has 0 aromatic rings. The van der Waals surface area contributed by atoms with Gasteiger partial charge in [0.15, 0.2) is 5.78 Å². The number of carbonyl (C=O) groups excluding carboxylic acids is 1. The topological polar surface area (TPSA) is 26.3 Å². The molecule has 0 saturated heterocycles. The van der Waals surface area contributed by atoms with Crippen LogP contribution in [-0.4, -0.2) is 12.4 Å².